The number of aryl methyl sites for hydroxylation is 1. The maximum absolute atomic E-state index is 14.1. The summed E-state index contributed by atoms with van der Waals surface area (Å²) in [6.07, 6.45) is 3.52. The van der Waals surface area contributed by atoms with Crippen molar-refractivity contribution in [3.8, 4) is 0 Å². The zero-order valence-corrected chi connectivity index (χ0v) is 20.8. The topological polar surface area (TPSA) is 114 Å². The highest BCUT2D eigenvalue weighted by atomic mass is 35.5. The molecular formula is C25H27ClN4O5. The second-order valence-corrected chi connectivity index (χ2v) is 10.9. The number of nitrogens with one attached hydrogen (secondary N) is 2. The Morgan fingerprint density at radius 2 is 1.89 bits per heavy atom. The van der Waals surface area contributed by atoms with Gasteiger partial charge in [0.1, 0.15) is 17.4 Å². The van der Waals surface area contributed by atoms with E-state index < -0.39 is 52.3 Å². The molecule has 5 atom stereocenters. The van der Waals surface area contributed by atoms with Gasteiger partial charge >= 0.3 is 0 Å². The third-order valence-corrected chi connectivity index (χ3v) is 7.04. The minimum absolute atomic E-state index is 0.243. The first kappa shape index (κ1) is 23.6. The van der Waals surface area contributed by atoms with E-state index in [1.807, 2.05) is 20.8 Å². The number of anilines is 2. The Labute approximate surface area is 207 Å². The van der Waals surface area contributed by atoms with Crippen LogP contribution >= 0.6 is 11.6 Å². The summed E-state index contributed by atoms with van der Waals surface area (Å²) in [5.41, 5.74) is -2.61. The zero-order chi connectivity index (χ0) is 25.3. The van der Waals surface area contributed by atoms with Crippen molar-refractivity contribution in [1.82, 2.24) is 10.5 Å². The second kappa shape index (κ2) is 7.66. The highest BCUT2D eigenvalue weighted by molar-refractivity contribution is 6.34. The molecule has 0 aliphatic carbocycles. The molecule has 35 heavy (non-hydrogen) atoms. The average molecular weight is 499 g/mol. The van der Waals surface area contributed by atoms with Gasteiger partial charge in [0.2, 0.25) is 17.7 Å². The Morgan fingerprint density at radius 1 is 1.17 bits per heavy atom. The summed E-state index contributed by atoms with van der Waals surface area (Å²) < 4.78 is 11.5. The number of rotatable bonds is 4. The van der Waals surface area contributed by atoms with Gasteiger partial charge in [-0.25, -0.2) is 0 Å². The Hall–Kier alpha value is -3.17. The maximum atomic E-state index is 14.1. The summed E-state index contributed by atoms with van der Waals surface area (Å²) in [7, 11) is 0. The Balaban J connectivity index is 1.61. The molecule has 5 rings (SSSR count). The van der Waals surface area contributed by atoms with E-state index in [1.54, 1.807) is 56.3 Å². The van der Waals surface area contributed by atoms with Gasteiger partial charge in [0.05, 0.1) is 28.1 Å². The molecule has 2 aromatic rings. The molecule has 1 aromatic carbocycles. The van der Waals surface area contributed by atoms with Crippen LogP contribution < -0.4 is 15.5 Å². The first-order valence-electron chi connectivity index (χ1n) is 11.4. The number of aromatic nitrogens is 1. The molecule has 2 saturated heterocycles. The quantitative estimate of drug-likeness (QED) is 0.625. The number of hydrogen-bond donors (Lipinski definition) is 2. The number of carbonyl (C=O) groups excluding carboxylic acids is 3. The van der Waals surface area contributed by atoms with Gasteiger partial charge in [-0.15, -0.1) is 0 Å². The van der Waals surface area contributed by atoms with Crippen molar-refractivity contribution in [2.75, 3.05) is 10.2 Å². The first-order chi connectivity index (χ1) is 16.4. The predicted molar refractivity (Wildman–Crippen MR) is 129 cm³/mol. The lowest BCUT2D eigenvalue weighted by atomic mass is 9.70. The van der Waals surface area contributed by atoms with Gasteiger partial charge in [-0.1, -0.05) is 41.0 Å². The van der Waals surface area contributed by atoms with Crippen LogP contribution in [0.4, 0.5) is 11.5 Å². The molecular weight excluding hydrogens is 472 g/mol. The maximum Gasteiger partial charge on any atom is 0.246 e. The zero-order valence-electron chi connectivity index (χ0n) is 20.1. The summed E-state index contributed by atoms with van der Waals surface area (Å²) in [4.78, 5) is 42.7. The molecule has 0 unspecified atom stereocenters. The van der Waals surface area contributed by atoms with Crippen molar-refractivity contribution in [1.29, 1.82) is 0 Å². The molecule has 184 valence electrons. The van der Waals surface area contributed by atoms with Crippen molar-refractivity contribution < 1.29 is 23.6 Å². The van der Waals surface area contributed by atoms with E-state index in [4.69, 9.17) is 20.9 Å². The molecule has 9 nitrogen and oxygen atoms in total. The normalized spacial score (nSPS) is 31.1. The van der Waals surface area contributed by atoms with Crippen LogP contribution in [-0.4, -0.2) is 45.7 Å². The smallest absolute Gasteiger partial charge is 0.246 e. The first-order valence-corrected chi connectivity index (χ1v) is 11.8. The largest absolute Gasteiger partial charge is 0.360 e. The molecule has 1 spiro atoms. The number of hydrogen-bond acceptors (Lipinski definition) is 6. The minimum Gasteiger partial charge on any atom is -0.360 e. The number of benzene rings is 1. The van der Waals surface area contributed by atoms with Crippen LogP contribution in [0.1, 0.15) is 33.5 Å². The van der Waals surface area contributed by atoms with Crippen molar-refractivity contribution in [3.63, 3.8) is 0 Å². The average Bonchev–Trinajstić information content (AvgIpc) is 3.44. The molecule has 2 fully saturated rings. The second-order valence-electron chi connectivity index (χ2n) is 10.5. The molecule has 3 aliphatic rings. The molecule has 3 amide bonds. The number of para-hydroxylation sites is 1. The van der Waals surface area contributed by atoms with Gasteiger partial charge in [-0.2, -0.15) is 0 Å². The standard InChI is InChI=1S/C25H27ClN4O5/c1-13-12-16(29-34-13)27-20(31)17-18-22(33)30(15-9-7-6-8-14(15)26)19(21(32)28-23(2,3)4)25(18)11-10-24(17,5)35-25/h6-12,17-19H,1-5H3,(H,28,32)(H,27,29,31)/t17-,18-,19+,24-,25+/m0/s1. The lowest BCUT2D eigenvalue weighted by Crippen LogP contribution is -2.58. The van der Waals surface area contributed by atoms with Gasteiger partial charge < -0.3 is 19.9 Å². The van der Waals surface area contributed by atoms with Crippen molar-refractivity contribution in [2.24, 2.45) is 11.8 Å². The lowest BCUT2D eigenvalue weighted by Gasteiger charge is -2.35. The van der Waals surface area contributed by atoms with Crippen LogP contribution in [0.3, 0.4) is 0 Å². The van der Waals surface area contributed by atoms with E-state index in [2.05, 4.69) is 15.8 Å². The fourth-order valence-corrected chi connectivity index (χ4v) is 5.73. The predicted octanol–water partition coefficient (Wildman–Crippen LogP) is 3.23. The summed E-state index contributed by atoms with van der Waals surface area (Å²) in [6, 6.07) is 7.35. The monoisotopic (exact) mass is 498 g/mol. The molecule has 3 aliphatic heterocycles. The van der Waals surface area contributed by atoms with Crippen LogP contribution in [0.15, 0.2) is 47.0 Å². The number of ether oxygens (including phenoxy) is 1. The van der Waals surface area contributed by atoms with Crippen LogP contribution in [0, 0.1) is 18.8 Å². The van der Waals surface area contributed by atoms with Gasteiger partial charge in [0.25, 0.3) is 0 Å². The van der Waals surface area contributed by atoms with E-state index in [9.17, 15) is 14.4 Å². The lowest BCUT2D eigenvalue weighted by molar-refractivity contribution is -0.131. The molecule has 1 aromatic heterocycles. The van der Waals surface area contributed by atoms with E-state index >= 15 is 0 Å². The summed E-state index contributed by atoms with van der Waals surface area (Å²) in [5, 5.41) is 9.86. The van der Waals surface area contributed by atoms with Crippen LogP contribution in [-0.2, 0) is 19.1 Å². The third-order valence-electron chi connectivity index (χ3n) is 6.72. The molecule has 2 N–H and O–H groups in total. The Morgan fingerprint density at radius 3 is 2.51 bits per heavy atom. The number of fused-ring (bicyclic) bond motifs is 1. The minimum atomic E-state index is -1.35. The van der Waals surface area contributed by atoms with Crippen molar-refractivity contribution in [2.45, 2.75) is 57.4 Å². The molecule has 0 saturated carbocycles. The van der Waals surface area contributed by atoms with Gasteiger partial charge in [-0.3, -0.25) is 19.3 Å². The number of amides is 3. The molecule has 0 radical (unpaired) electrons. The third kappa shape index (κ3) is 3.56. The van der Waals surface area contributed by atoms with E-state index in [0.29, 0.717) is 16.5 Å². The van der Waals surface area contributed by atoms with E-state index in [-0.39, 0.29) is 5.82 Å². The Kier molecular flexibility index (Phi) is 5.16. The number of nitrogens with zero attached hydrogens (tertiary/aromatic N) is 2. The Bertz CT molecular complexity index is 1270. The fourth-order valence-electron chi connectivity index (χ4n) is 5.51. The molecule has 10 heteroatoms. The van der Waals surface area contributed by atoms with Crippen molar-refractivity contribution >= 4 is 40.8 Å². The van der Waals surface area contributed by atoms with Crippen molar-refractivity contribution in [3.05, 3.63) is 53.3 Å². The van der Waals surface area contributed by atoms with Crippen LogP contribution in [0.2, 0.25) is 5.02 Å². The summed E-state index contributed by atoms with van der Waals surface area (Å²) in [6.45, 7) is 9.04. The van der Waals surface area contributed by atoms with Gasteiger partial charge in [0.15, 0.2) is 5.82 Å². The molecule has 2 bridgehead atoms. The summed E-state index contributed by atoms with van der Waals surface area (Å²) in [5.74, 6) is -2.32. The van der Waals surface area contributed by atoms with Gasteiger partial charge in [-0.05, 0) is 46.8 Å². The summed E-state index contributed by atoms with van der Waals surface area (Å²) >= 11 is 6.48. The van der Waals surface area contributed by atoms with E-state index in [1.165, 1.54) is 4.90 Å². The van der Waals surface area contributed by atoms with Crippen LogP contribution in [0.25, 0.3) is 0 Å². The SMILES string of the molecule is Cc1cc(NC(=O)[C@@H]2[C@H]3C(=O)N(c4ccccc4Cl)[C@H](C(=O)NC(C)(C)C)[C@@]34C=C[C@]2(C)O4)no1. The molecule has 4 heterocycles. The number of halogens is 1. The highest BCUT2D eigenvalue weighted by Gasteiger charge is 2.76. The van der Waals surface area contributed by atoms with Crippen LogP contribution in [0.5, 0.6) is 0 Å². The van der Waals surface area contributed by atoms with Gasteiger partial charge in [0, 0.05) is 11.6 Å². The number of carbonyl (C=O) groups is 3. The fraction of sp³-hybridized carbons (Fsp3) is 0.440. The van der Waals surface area contributed by atoms with E-state index in [0.717, 1.165) is 0 Å². The highest BCUT2D eigenvalue weighted by Crippen LogP contribution is 2.60.